The van der Waals surface area contributed by atoms with E-state index >= 15 is 0 Å². The van der Waals surface area contributed by atoms with E-state index < -0.39 is 10.9 Å². The van der Waals surface area contributed by atoms with E-state index in [1.807, 2.05) is 14.1 Å². The normalized spacial score (nSPS) is 16.6. The third kappa shape index (κ3) is 4.10. The highest BCUT2D eigenvalue weighted by Crippen LogP contribution is 2.42. The monoisotopic (exact) mass is 409 g/mol. The largest absolute Gasteiger partial charge is 0.505 e. The fourth-order valence-electron chi connectivity index (χ4n) is 3.44. The van der Waals surface area contributed by atoms with E-state index in [0.717, 1.165) is 25.7 Å². The molecule has 0 heterocycles. The van der Waals surface area contributed by atoms with Crippen molar-refractivity contribution in [2.45, 2.75) is 49.5 Å². The molecule has 0 spiro atoms. The molecular weight excluding hydrogens is 386 g/mol. The van der Waals surface area contributed by atoms with Crippen molar-refractivity contribution in [2.75, 3.05) is 24.7 Å². The SMILES string of the molecule is CN(C)Sc1c(Cl)ccc(Nc2c(NC3(C)CCCCC3)c(=O)c2=O)c1O. The van der Waals surface area contributed by atoms with Gasteiger partial charge in [0.25, 0.3) is 10.9 Å². The van der Waals surface area contributed by atoms with Crippen LogP contribution in [-0.2, 0) is 0 Å². The first-order valence-electron chi connectivity index (χ1n) is 8.97. The Bertz CT molecular complexity index is 916. The van der Waals surface area contributed by atoms with E-state index in [1.54, 1.807) is 16.4 Å². The Hall–Kier alpha value is -1.70. The highest BCUT2D eigenvalue weighted by atomic mass is 35.5. The molecule has 1 saturated carbocycles. The summed E-state index contributed by atoms with van der Waals surface area (Å²) in [7, 11) is 3.67. The van der Waals surface area contributed by atoms with Crippen LogP contribution < -0.4 is 21.5 Å². The first-order valence-corrected chi connectivity index (χ1v) is 10.1. The molecule has 2 aromatic carbocycles. The predicted octanol–water partition coefficient (Wildman–Crippen LogP) is 4.09. The summed E-state index contributed by atoms with van der Waals surface area (Å²) < 4.78 is 1.80. The summed E-state index contributed by atoms with van der Waals surface area (Å²) in [5, 5.41) is 17.2. The fraction of sp³-hybridized carbons (Fsp3) is 0.474. The molecular formula is C19H24ClN3O3S. The van der Waals surface area contributed by atoms with E-state index in [4.69, 9.17) is 11.6 Å². The van der Waals surface area contributed by atoms with Gasteiger partial charge in [-0.05, 0) is 57.9 Å². The van der Waals surface area contributed by atoms with Crippen LogP contribution in [0.5, 0.6) is 5.75 Å². The van der Waals surface area contributed by atoms with Crippen LogP contribution >= 0.6 is 23.5 Å². The van der Waals surface area contributed by atoms with Gasteiger partial charge in [-0.3, -0.25) is 13.9 Å². The van der Waals surface area contributed by atoms with Crippen LogP contribution in [0.25, 0.3) is 0 Å². The van der Waals surface area contributed by atoms with Gasteiger partial charge >= 0.3 is 0 Å². The molecule has 0 unspecified atom stereocenters. The van der Waals surface area contributed by atoms with Crippen LogP contribution in [0.4, 0.5) is 17.1 Å². The second-order valence-electron chi connectivity index (χ2n) is 7.46. The summed E-state index contributed by atoms with van der Waals surface area (Å²) in [4.78, 5) is 24.7. The maximum absolute atomic E-state index is 12.1. The number of phenols is 1. The molecule has 0 radical (unpaired) electrons. The van der Waals surface area contributed by atoms with Crippen molar-refractivity contribution in [3.05, 3.63) is 37.6 Å². The molecule has 2 aromatic rings. The Labute approximate surface area is 167 Å². The van der Waals surface area contributed by atoms with Gasteiger partial charge in [-0.2, -0.15) is 0 Å². The quantitative estimate of drug-likeness (QED) is 0.376. The van der Waals surface area contributed by atoms with Crippen molar-refractivity contribution < 1.29 is 5.11 Å². The van der Waals surface area contributed by atoms with Crippen LogP contribution in [0.2, 0.25) is 5.02 Å². The van der Waals surface area contributed by atoms with Gasteiger partial charge in [0.05, 0.1) is 15.6 Å². The predicted molar refractivity (Wildman–Crippen MR) is 112 cm³/mol. The lowest BCUT2D eigenvalue weighted by atomic mass is 9.83. The van der Waals surface area contributed by atoms with Crippen molar-refractivity contribution in [2.24, 2.45) is 0 Å². The number of hydrogen-bond donors (Lipinski definition) is 3. The van der Waals surface area contributed by atoms with Gasteiger partial charge in [0, 0.05) is 5.54 Å². The standard InChI is InChI=1S/C19H24ClN3O3S/c1-19(9-5-4-6-10-19)22-14-13(16(25)17(14)26)21-12-8-7-11(20)18(15(12)24)27-23(2)3/h7-8,21-22,24H,4-6,9-10H2,1-3H3. The Morgan fingerprint density at radius 1 is 1.11 bits per heavy atom. The molecule has 0 aliphatic heterocycles. The maximum Gasteiger partial charge on any atom is 0.253 e. The molecule has 6 nitrogen and oxygen atoms in total. The molecule has 27 heavy (non-hydrogen) atoms. The Balaban J connectivity index is 1.88. The molecule has 8 heteroatoms. The van der Waals surface area contributed by atoms with Crippen LogP contribution in [0.15, 0.2) is 26.6 Å². The first-order chi connectivity index (χ1) is 12.7. The average Bonchev–Trinajstić information content (AvgIpc) is 2.63. The van der Waals surface area contributed by atoms with Gasteiger partial charge in [-0.25, -0.2) is 0 Å². The number of anilines is 3. The van der Waals surface area contributed by atoms with Crippen molar-refractivity contribution in [1.82, 2.24) is 4.31 Å². The molecule has 3 N–H and O–H groups in total. The summed E-state index contributed by atoms with van der Waals surface area (Å²) in [5.41, 5.74) is -0.433. The number of aromatic hydroxyl groups is 1. The smallest absolute Gasteiger partial charge is 0.253 e. The minimum atomic E-state index is -0.576. The Morgan fingerprint density at radius 2 is 1.74 bits per heavy atom. The Morgan fingerprint density at radius 3 is 2.37 bits per heavy atom. The summed E-state index contributed by atoms with van der Waals surface area (Å²) in [5.74, 6) is -0.0518. The number of benzene rings is 1. The van der Waals surface area contributed by atoms with E-state index in [-0.39, 0.29) is 17.0 Å². The summed E-state index contributed by atoms with van der Waals surface area (Å²) in [6.07, 6.45) is 5.32. The highest BCUT2D eigenvalue weighted by Gasteiger charge is 2.32. The van der Waals surface area contributed by atoms with Crippen molar-refractivity contribution in [1.29, 1.82) is 0 Å². The van der Waals surface area contributed by atoms with Gasteiger partial charge in [-0.15, -0.1) is 0 Å². The molecule has 1 aliphatic carbocycles. The van der Waals surface area contributed by atoms with E-state index in [0.29, 0.717) is 21.3 Å². The van der Waals surface area contributed by atoms with Gasteiger partial charge in [-0.1, -0.05) is 30.9 Å². The third-order valence-electron chi connectivity index (χ3n) is 4.91. The van der Waals surface area contributed by atoms with E-state index in [2.05, 4.69) is 17.6 Å². The van der Waals surface area contributed by atoms with Crippen LogP contribution in [0, 0.1) is 0 Å². The van der Waals surface area contributed by atoms with Crippen LogP contribution in [0.1, 0.15) is 39.0 Å². The van der Waals surface area contributed by atoms with E-state index in [9.17, 15) is 14.7 Å². The molecule has 1 aliphatic rings. The number of nitrogens with one attached hydrogen (secondary N) is 2. The van der Waals surface area contributed by atoms with Gasteiger partial charge in [0.1, 0.15) is 11.4 Å². The van der Waals surface area contributed by atoms with Gasteiger partial charge < -0.3 is 15.7 Å². The van der Waals surface area contributed by atoms with Crippen LogP contribution in [0.3, 0.4) is 0 Å². The van der Waals surface area contributed by atoms with Crippen molar-refractivity contribution >= 4 is 40.6 Å². The minimum absolute atomic E-state index is 0.0518. The number of nitrogens with zero attached hydrogens (tertiary/aromatic N) is 1. The topological polar surface area (TPSA) is 81.7 Å². The summed E-state index contributed by atoms with van der Waals surface area (Å²) in [6, 6.07) is 3.25. The lowest BCUT2D eigenvalue weighted by Crippen LogP contribution is -2.44. The molecule has 0 aromatic heterocycles. The molecule has 3 rings (SSSR count). The highest BCUT2D eigenvalue weighted by molar-refractivity contribution is 7.97. The summed E-state index contributed by atoms with van der Waals surface area (Å²) in [6.45, 7) is 2.08. The molecule has 0 amide bonds. The molecule has 0 saturated heterocycles. The second kappa shape index (κ2) is 7.73. The van der Waals surface area contributed by atoms with Gasteiger partial charge in [0.15, 0.2) is 5.75 Å². The van der Waals surface area contributed by atoms with Gasteiger partial charge in [0.2, 0.25) is 0 Å². The van der Waals surface area contributed by atoms with Crippen molar-refractivity contribution in [3.8, 4) is 5.75 Å². The minimum Gasteiger partial charge on any atom is -0.505 e. The molecule has 0 atom stereocenters. The Kier molecular flexibility index (Phi) is 5.74. The number of phenolic OH excluding ortho intramolecular Hbond substituents is 1. The third-order valence-corrected chi connectivity index (χ3v) is 6.30. The first kappa shape index (κ1) is 20.0. The zero-order chi connectivity index (χ0) is 19.8. The average molecular weight is 410 g/mol. The molecule has 146 valence electrons. The van der Waals surface area contributed by atoms with Crippen molar-refractivity contribution in [3.63, 3.8) is 0 Å². The summed E-state index contributed by atoms with van der Waals surface area (Å²) >= 11 is 7.45. The molecule has 1 fully saturated rings. The number of hydrogen-bond acceptors (Lipinski definition) is 7. The second-order valence-corrected chi connectivity index (χ2v) is 9.18. The van der Waals surface area contributed by atoms with E-state index in [1.165, 1.54) is 18.4 Å². The lowest BCUT2D eigenvalue weighted by Gasteiger charge is -2.36. The number of halogens is 1. The zero-order valence-corrected chi connectivity index (χ0v) is 17.3. The zero-order valence-electron chi connectivity index (χ0n) is 15.7. The maximum atomic E-state index is 12.1. The fourth-order valence-corrected chi connectivity index (χ4v) is 4.41. The van der Waals surface area contributed by atoms with Crippen LogP contribution in [-0.4, -0.2) is 29.0 Å². The molecule has 0 bridgehead atoms. The lowest BCUT2D eigenvalue weighted by molar-refractivity contribution is 0.349. The number of rotatable bonds is 6.